The van der Waals surface area contributed by atoms with Gasteiger partial charge < -0.3 is 9.64 Å². The molecule has 3 nitrogen and oxygen atoms in total. The predicted molar refractivity (Wildman–Crippen MR) is 74.7 cm³/mol. The molecule has 0 saturated heterocycles. The minimum atomic E-state index is -0.188. The molecule has 0 aliphatic heterocycles. The average Bonchev–Trinajstić information content (AvgIpc) is 2.55. The van der Waals surface area contributed by atoms with Crippen molar-refractivity contribution in [1.82, 2.24) is 4.90 Å². The van der Waals surface area contributed by atoms with Crippen molar-refractivity contribution in [3.8, 4) is 0 Å². The van der Waals surface area contributed by atoms with Gasteiger partial charge >= 0.3 is 5.97 Å². The molecule has 1 aromatic heterocycles. The van der Waals surface area contributed by atoms with Crippen LogP contribution in [0.4, 0.5) is 0 Å². The van der Waals surface area contributed by atoms with E-state index >= 15 is 0 Å². The van der Waals surface area contributed by atoms with Gasteiger partial charge in [0, 0.05) is 9.35 Å². The minimum absolute atomic E-state index is 0.00264. The molecule has 1 heterocycles. The van der Waals surface area contributed by atoms with E-state index < -0.39 is 0 Å². The molecule has 0 aliphatic rings. The van der Waals surface area contributed by atoms with Crippen LogP contribution in [0.2, 0.25) is 4.34 Å². The van der Waals surface area contributed by atoms with Gasteiger partial charge in [-0.15, -0.1) is 11.3 Å². The zero-order valence-corrected chi connectivity index (χ0v) is 13.2. The molecule has 1 atom stereocenters. The van der Waals surface area contributed by atoms with Crippen molar-refractivity contribution in [3.63, 3.8) is 0 Å². The summed E-state index contributed by atoms with van der Waals surface area (Å²) in [7, 11) is 3.87. The highest BCUT2D eigenvalue weighted by atomic mass is 79.9. The van der Waals surface area contributed by atoms with E-state index in [0.717, 1.165) is 9.35 Å². The maximum absolute atomic E-state index is 11.5. The SMILES string of the molecule is CCOC(=O)CC(c1cc(Br)c(Cl)s1)N(C)C. The van der Waals surface area contributed by atoms with E-state index in [4.69, 9.17) is 16.3 Å². The Bertz CT molecular complexity index is 375. The van der Waals surface area contributed by atoms with Crippen LogP contribution in [0.3, 0.4) is 0 Å². The average molecular weight is 341 g/mol. The van der Waals surface area contributed by atoms with Crippen LogP contribution in [-0.4, -0.2) is 31.6 Å². The first kappa shape index (κ1) is 15.0. The van der Waals surface area contributed by atoms with Gasteiger partial charge in [0.25, 0.3) is 0 Å². The van der Waals surface area contributed by atoms with Gasteiger partial charge in [0.2, 0.25) is 0 Å². The number of carbonyl (C=O) groups excluding carboxylic acids is 1. The van der Waals surface area contributed by atoms with Crippen LogP contribution < -0.4 is 0 Å². The molecular formula is C11H15BrClNO2S. The van der Waals surface area contributed by atoms with Crippen LogP contribution in [0.25, 0.3) is 0 Å². The highest BCUT2D eigenvalue weighted by Gasteiger charge is 2.21. The lowest BCUT2D eigenvalue weighted by Gasteiger charge is -2.22. The molecule has 0 bridgehead atoms. The first-order chi connectivity index (χ1) is 7.95. The first-order valence-corrected chi connectivity index (χ1v) is 7.21. The Balaban J connectivity index is 2.82. The van der Waals surface area contributed by atoms with E-state index in [9.17, 15) is 4.79 Å². The van der Waals surface area contributed by atoms with Crippen molar-refractivity contribution >= 4 is 44.8 Å². The molecule has 6 heteroatoms. The van der Waals surface area contributed by atoms with Crippen molar-refractivity contribution < 1.29 is 9.53 Å². The standard InChI is InChI=1S/C11H15BrClNO2S/c1-4-16-10(15)6-8(14(2)3)9-5-7(12)11(13)17-9/h5,8H,4,6H2,1-3H3. The molecule has 17 heavy (non-hydrogen) atoms. The van der Waals surface area contributed by atoms with E-state index in [2.05, 4.69) is 15.9 Å². The van der Waals surface area contributed by atoms with E-state index in [0.29, 0.717) is 17.4 Å². The highest BCUT2D eigenvalue weighted by Crippen LogP contribution is 2.37. The number of ether oxygens (including phenoxy) is 1. The second kappa shape index (κ2) is 6.73. The smallest absolute Gasteiger partial charge is 0.307 e. The number of nitrogens with zero attached hydrogens (tertiary/aromatic N) is 1. The summed E-state index contributed by atoms with van der Waals surface area (Å²) >= 11 is 10.9. The number of hydrogen-bond donors (Lipinski definition) is 0. The third-order valence-electron chi connectivity index (χ3n) is 2.28. The maximum Gasteiger partial charge on any atom is 0.307 e. The Hall–Kier alpha value is -0.100. The molecule has 0 aliphatic carbocycles. The first-order valence-electron chi connectivity index (χ1n) is 5.22. The highest BCUT2D eigenvalue weighted by molar-refractivity contribution is 9.10. The minimum Gasteiger partial charge on any atom is -0.466 e. The molecule has 0 fully saturated rings. The number of thiophene rings is 1. The topological polar surface area (TPSA) is 29.5 Å². The summed E-state index contributed by atoms with van der Waals surface area (Å²) in [5.74, 6) is -0.188. The lowest BCUT2D eigenvalue weighted by molar-refractivity contribution is -0.144. The summed E-state index contributed by atoms with van der Waals surface area (Å²) in [6, 6.07) is 1.96. The Labute approximate surface area is 119 Å². The van der Waals surface area contributed by atoms with Crippen LogP contribution >= 0.6 is 38.9 Å². The van der Waals surface area contributed by atoms with E-state index in [1.165, 1.54) is 11.3 Å². The molecule has 0 amide bonds. The zero-order chi connectivity index (χ0) is 13.0. The van der Waals surface area contributed by atoms with Gasteiger partial charge in [-0.3, -0.25) is 4.79 Å². The summed E-state index contributed by atoms with van der Waals surface area (Å²) < 4.78 is 6.55. The van der Waals surface area contributed by atoms with E-state index in [1.54, 1.807) is 6.92 Å². The van der Waals surface area contributed by atoms with Gasteiger partial charge in [0.1, 0.15) is 4.34 Å². The molecular weight excluding hydrogens is 326 g/mol. The molecule has 0 spiro atoms. The normalized spacial score (nSPS) is 12.8. The van der Waals surface area contributed by atoms with Crippen LogP contribution in [0.5, 0.6) is 0 Å². The summed E-state index contributed by atoms with van der Waals surface area (Å²) in [5.41, 5.74) is 0. The molecule has 0 radical (unpaired) electrons. The predicted octanol–water partition coefficient (Wildman–Crippen LogP) is 3.72. The number of esters is 1. The third-order valence-corrected chi connectivity index (χ3v) is 4.86. The zero-order valence-electron chi connectivity index (χ0n) is 10.00. The molecule has 1 unspecified atom stereocenters. The Morgan fingerprint density at radius 1 is 1.65 bits per heavy atom. The van der Waals surface area contributed by atoms with Crippen molar-refractivity contribution in [2.24, 2.45) is 0 Å². The Morgan fingerprint density at radius 3 is 2.71 bits per heavy atom. The van der Waals surface area contributed by atoms with Gasteiger partial charge in [-0.2, -0.15) is 0 Å². The Kier molecular flexibility index (Phi) is 5.92. The van der Waals surface area contributed by atoms with E-state index in [-0.39, 0.29) is 12.0 Å². The quantitative estimate of drug-likeness (QED) is 0.765. The number of carbonyl (C=O) groups is 1. The van der Waals surface area contributed by atoms with Gasteiger partial charge in [0.15, 0.2) is 0 Å². The maximum atomic E-state index is 11.5. The third kappa shape index (κ3) is 4.25. The molecule has 0 saturated carbocycles. The fourth-order valence-corrected chi connectivity index (χ4v) is 3.38. The van der Waals surface area contributed by atoms with Crippen molar-refractivity contribution in [3.05, 3.63) is 19.8 Å². The van der Waals surface area contributed by atoms with Gasteiger partial charge in [-0.05, 0) is 43.0 Å². The van der Waals surface area contributed by atoms with Crippen LogP contribution in [-0.2, 0) is 9.53 Å². The van der Waals surface area contributed by atoms with Crippen molar-refractivity contribution in [1.29, 1.82) is 0 Å². The fourth-order valence-electron chi connectivity index (χ4n) is 1.44. The Morgan fingerprint density at radius 2 is 2.29 bits per heavy atom. The van der Waals surface area contributed by atoms with Gasteiger partial charge in [-0.25, -0.2) is 0 Å². The summed E-state index contributed by atoms with van der Waals surface area (Å²) in [4.78, 5) is 14.6. The summed E-state index contributed by atoms with van der Waals surface area (Å²) in [6.45, 7) is 2.22. The molecule has 1 rings (SSSR count). The lowest BCUT2D eigenvalue weighted by atomic mass is 10.1. The van der Waals surface area contributed by atoms with Gasteiger partial charge in [0.05, 0.1) is 19.1 Å². The lowest BCUT2D eigenvalue weighted by Crippen LogP contribution is -2.23. The number of hydrogen-bond acceptors (Lipinski definition) is 4. The largest absolute Gasteiger partial charge is 0.466 e. The second-order valence-corrected chi connectivity index (χ2v) is 6.30. The molecule has 0 aromatic carbocycles. The molecule has 1 aromatic rings. The van der Waals surface area contributed by atoms with Crippen molar-refractivity contribution in [2.45, 2.75) is 19.4 Å². The summed E-state index contributed by atoms with van der Waals surface area (Å²) in [6.07, 6.45) is 0.337. The number of rotatable bonds is 5. The second-order valence-electron chi connectivity index (χ2n) is 3.76. The number of halogens is 2. The van der Waals surface area contributed by atoms with Gasteiger partial charge in [-0.1, -0.05) is 11.6 Å². The van der Waals surface area contributed by atoms with Crippen molar-refractivity contribution in [2.75, 3.05) is 20.7 Å². The molecule has 96 valence electrons. The van der Waals surface area contributed by atoms with E-state index in [1.807, 2.05) is 25.1 Å². The molecule has 0 N–H and O–H groups in total. The van der Waals surface area contributed by atoms with Crippen LogP contribution in [0.15, 0.2) is 10.5 Å². The fraction of sp³-hybridized carbons (Fsp3) is 0.545. The van der Waals surface area contributed by atoms with Crippen LogP contribution in [0.1, 0.15) is 24.3 Å². The monoisotopic (exact) mass is 339 g/mol. The summed E-state index contributed by atoms with van der Waals surface area (Å²) in [5, 5.41) is 0. The van der Waals surface area contributed by atoms with Crippen LogP contribution in [0, 0.1) is 0 Å².